The van der Waals surface area contributed by atoms with Gasteiger partial charge in [-0.25, -0.2) is 0 Å². The van der Waals surface area contributed by atoms with Crippen molar-refractivity contribution in [1.82, 2.24) is 0 Å². The molecule has 0 fully saturated rings. The Balaban J connectivity index is 0. The molecule has 0 aromatic heterocycles. The summed E-state index contributed by atoms with van der Waals surface area (Å²) in [6.07, 6.45) is 0. The molecule has 0 aliphatic carbocycles. The minimum absolute atomic E-state index is 0.0347. The average Bonchev–Trinajstić information content (AvgIpc) is 1.89. The lowest BCUT2D eigenvalue weighted by molar-refractivity contribution is -0.133. The number of halogens is 1. The maximum atomic E-state index is 9.32. The quantitative estimate of drug-likeness (QED) is 0.516. The molecule has 0 aromatic rings. The van der Waals surface area contributed by atoms with Crippen LogP contribution in [0.25, 0.3) is 0 Å². The van der Waals surface area contributed by atoms with Crippen molar-refractivity contribution in [3.8, 4) is 0 Å². The topological polar surface area (TPSA) is 89.3 Å². The molecule has 0 saturated heterocycles. The fourth-order valence-corrected chi connectivity index (χ4v) is 0. The summed E-state index contributed by atoms with van der Waals surface area (Å²) < 4.78 is 0. The average molecular weight is 199 g/mol. The highest BCUT2D eigenvalue weighted by Crippen LogP contribution is 1.73. The zero-order valence-electron chi connectivity index (χ0n) is 5.01. The molecule has 0 aliphatic rings. The molecule has 0 unspecified atom stereocenters. The standard InChI is InChI=1S/C2H3BrO2.C2H8N2/c3-1-2(4)5;3-1-2-4/h1H2,(H,4,5);1-4H2. The van der Waals surface area contributed by atoms with Crippen LogP contribution in [-0.2, 0) is 4.79 Å². The van der Waals surface area contributed by atoms with Gasteiger partial charge in [0.05, 0.1) is 0 Å². The lowest BCUT2D eigenvalue weighted by Gasteiger charge is -1.72. The minimum atomic E-state index is -0.829. The summed E-state index contributed by atoms with van der Waals surface area (Å²) in [4.78, 5) is 9.32. The van der Waals surface area contributed by atoms with E-state index in [1.54, 1.807) is 0 Å². The van der Waals surface area contributed by atoms with E-state index in [-0.39, 0.29) is 5.33 Å². The first-order chi connectivity index (χ1) is 4.18. The summed E-state index contributed by atoms with van der Waals surface area (Å²) in [5.74, 6) is -0.829. The fourth-order valence-electron chi connectivity index (χ4n) is 0. The van der Waals surface area contributed by atoms with E-state index in [0.29, 0.717) is 13.1 Å². The molecule has 0 radical (unpaired) electrons. The number of alkyl halides is 1. The van der Waals surface area contributed by atoms with Gasteiger partial charge in [0.15, 0.2) is 0 Å². The summed E-state index contributed by atoms with van der Waals surface area (Å²) >= 11 is 2.71. The van der Waals surface area contributed by atoms with E-state index in [9.17, 15) is 4.79 Å². The summed E-state index contributed by atoms with van der Waals surface area (Å²) in [5, 5.41) is 7.71. The van der Waals surface area contributed by atoms with Crippen LogP contribution < -0.4 is 11.5 Å². The van der Waals surface area contributed by atoms with Crippen LogP contribution >= 0.6 is 15.9 Å². The lowest BCUT2D eigenvalue weighted by atomic mass is 10.7. The molecule has 56 valence electrons. The maximum Gasteiger partial charge on any atom is 0.314 e. The Labute approximate surface area is 62.3 Å². The van der Waals surface area contributed by atoms with Gasteiger partial charge in [0.2, 0.25) is 0 Å². The third-order valence-corrected chi connectivity index (χ3v) is 0.761. The maximum absolute atomic E-state index is 9.32. The first-order valence-electron chi connectivity index (χ1n) is 2.37. The second-order valence-electron chi connectivity index (χ2n) is 1.10. The van der Waals surface area contributed by atoms with Crippen molar-refractivity contribution in [2.45, 2.75) is 0 Å². The number of carboxylic acids is 1. The van der Waals surface area contributed by atoms with Crippen LogP contribution in [0.3, 0.4) is 0 Å². The minimum Gasteiger partial charge on any atom is -0.481 e. The lowest BCUT2D eigenvalue weighted by Crippen LogP contribution is -2.11. The van der Waals surface area contributed by atoms with Crippen LogP contribution in [0.4, 0.5) is 0 Å². The molecule has 0 bridgehead atoms. The molecule has 0 rings (SSSR count). The van der Waals surface area contributed by atoms with Crippen molar-refractivity contribution in [3.63, 3.8) is 0 Å². The van der Waals surface area contributed by atoms with Crippen LogP contribution in [0.2, 0.25) is 0 Å². The van der Waals surface area contributed by atoms with Crippen molar-refractivity contribution in [1.29, 1.82) is 0 Å². The van der Waals surface area contributed by atoms with E-state index in [2.05, 4.69) is 15.9 Å². The number of hydrogen-bond donors (Lipinski definition) is 3. The highest BCUT2D eigenvalue weighted by Gasteiger charge is 1.83. The van der Waals surface area contributed by atoms with E-state index in [0.717, 1.165) is 0 Å². The molecule has 0 aromatic carbocycles. The molecule has 0 heterocycles. The van der Waals surface area contributed by atoms with Gasteiger partial charge in [0.1, 0.15) is 5.33 Å². The van der Waals surface area contributed by atoms with E-state index in [1.165, 1.54) is 0 Å². The van der Waals surface area contributed by atoms with Crippen molar-refractivity contribution in [3.05, 3.63) is 0 Å². The van der Waals surface area contributed by atoms with Crippen molar-refractivity contribution in [2.75, 3.05) is 18.4 Å². The fraction of sp³-hybridized carbons (Fsp3) is 0.750. The van der Waals surface area contributed by atoms with Gasteiger partial charge in [0.25, 0.3) is 0 Å². The monoisotopic (exact) mass is 198 g/mol. The Morgan fingerprint density at radius 3 is 1.67 bits per heavy atom. The zero-order valence-corrected chi connectivity index (χ0v) is 6.60. The molecule has 0 aliphatic heterocycles. The summed E-state index contributed by atoms with van der Waals surface area (Å²) in [6, 6.07) is 0. The van der Waals surface area contributed by atoms with Crippen LogP contribution in [0.1, 0.15) is 0 Å². The Morgan fingerprint density at radius 2 is 1.67 bits per heavy atom. The second-order valence-corrected chi connectivity index (χ2v) is 1.67. The molecule has 5 N–H and O–H groups in total. The predicted octanol–water partition coefficient (Wildman–Crippen LogP) is -0.630. The van der Waals surface area contributed by atoms with Crippen molar-refractivity contribution < 1.29 is 9.90 Å². The van der Waals surface area contributed by atoms with Crippen molar-refractivity contribution in [2.24, 2.45) is 11.5 Å². The van der Waals surface area contributed by atoms with Gasteiger partial charge in [-0.2, -0.15) is 0 Å². The number of carbonyl (C=O) groups is 1. The molecule has 0 atom stereocenters. The molecule has 9 heavy (non-hydrogen) atoms. The van der Waals surface area contributed by atoms with Gasteiger partial charge in [-0.1, -0.05) is 15.9 Å². The summed E-state index contributed by atoms with van der Waals surface area (Å²) in [6.45, 7) is 1.19. The third kappa shape index (κ3) is 32.9. The smallest absolute Gasteiger partial charge is 0.314 e. The highest BCUT2D eigenvalue weighted by molar-refractivity contribution is 9.09. The van der Waals surface area contributed by atoms with Crippen LogP contribution in [0, 0.1) is 0 Å². The van der Waals surface area contributed by atoms with Gasteiger partial charge >= 0.3 is 5.97 Å². The SMILES string of the molecule is NCCN.O=C(O)CBr. The van der Waals surface area contributed by atoms with Gasteiger partial charge < -0.3 is 16.6 Å². The molecule has 4 nitrogen and oxygen atoms in total. The van der Waals surface area contributed by atoms with E-state index >= 15 is 0 Å². The molecule has 5 heteroatoms. The first-order valence-corrected chi connectivity index (χ1v) is 3.49. The van der Waals surface area contributed by atoms with Crippen LogP contribution in [0.5, 0.6) is 0 Å². The Morgan fingerprint density at radius 1 is 1.44 bits per heavy atom. The van der Waals surface area contributed by atoms with Gasteiger partial charge in [-0.3, -0.25) is 4.79 Å². The van der Waals surface area contributed by atoms with E-state index in [1.807, 2.05) is 0 Å². The Hall–Kier alpha value is -0.130. The summed E-state index contributed by atoms with van der Waals surface area (Å²) in [5.41, 5.74) is 9.81. The van der Waals surface area contributed by atoms with E-state index < -0.39 is 5.97 Å². The Kier molecular flexibility index (Phi) is 13.9. The molecule has 0 saturated carbocycles. The van der Waals surface area contributed by atoms with Gasteiger partial charge in [-0.15, -0.1) is 0 Å². The molecular formula is C4H11BrN2O2. The third-order valence-electron chi connectivity index (χ3n) is 0.281. The number of carboxylic acid groups (broad SMARTS) is 1. The number of hydrogen-bond acceptors (Lipinski definition) is 3. The zero-order chi connectivity index (χ0) is 7.70. The number of rotatable bonds is 2. The highest BCUT2D eigenvalue weighted by atomic mass is 79.9. The Bertz CT molecular complexity index is 67.6. The molecule has 0 spiro atoms. The van der Waals surface area contributed by atoms with Crippen LogP contribution in [-0.4, -0.2) is 29.5 Å². The largest absolute Gasteiger partial charge is 0.481 e. The second kappa shape index (κ2) is 10.8. The number of aliphatic carboxylic acids is 1. The van der Waals surface area contributed by atoms with E-state index in [4.69, 9.17) is 16.6 Å². The van der Waals surface area contributed by atoms with Crippen LogP contribution in [0.15, 0.2) is 0 Å². The van der Waals surface area contributed by atoms with Gasteiger partial charge in [-0.05, 0) is 0 Å². The normalized spacial score (nSPS) is 7.44. The predicted molar refractivity (Wildman–Crippen MR) is 39.5 cm³/mol. The van der Waals surface area contributed by atoms with Crippen molar-refractivity contribution >= 4 is 21.9 Å². The molecular weight excluding hydrogens is 188 g/mol. The molecule has 0 amide bonds. The van der Waals surface area contributed by atoms with Gasteiger partial charge in [0, 0.05) is 13.1 Å². The summed E-state index contributed by atoms with van der Waals surface area (Å²) in [7, 11) is 0. The number of nitrogens with two attached hydrogens (primary N) is 2. The first kappa shape index (κ1) is 11.6.